The largest absolute Gasteiger partial charge is 0.477 e. The lowest BCUT2D eigenvalue weighted by Crippen LogP contribution is -2.36. The molecule has 0 aromatic carbocycles. The van der Waals surface area contributed by atoms with Crippen molar-refractivity contribution in [2.24, 2.45) is 0 Å². The highest BCUT2D eigenvalue weighted by Crippen LogP contribution is 2.21. The minimum Gasteiger partial charge on any atom is -0.477 e. The predicted molar refractivity (Wildman–Crippen MR) is 66.6 cm³/mol. The van der Waals surface area contributed by atoms with Crippen molar-refractivity contribution in [3.05, 3.63) is 21.9 Å². The topological polar surface area (TPSA) is 49.8 Å². The van der Waals surface area contributed by atoms with Crippen molar-refractivity contribution in [1.29, 1.82) is 0 Å². The lowest BCUT2D eigenvalue weighted by molar-refractivity contribution is 0.0386. The van der Waals surface area contributed by atoms with E-state index in [1.54, 1.807) is 7.11 Å². The number of nitrogens with zero attached hydrogens (tertiary/aromatic N) is 1. The molecule has 0 saturated carbocycles. The summed E-state index contributed by atoms with van der Waals surface area (Å²) in [5, 5.41) is 10.9. The molecule has 0 unspecified atom stereocenters. The number of hydrogen-bond donors (Lipinski definition) is 1. The Morgan fingerprint density at radius 3 is 2.88 bits per heavy atom. The minimum atomic E-state index is -0.818. The summed E-state index contributed by atoms with van der Waals surface area (Å²) in [7, 11) is 1.75. The van der Waals surface area contributed by atoms with Crippen molar-refractivity contribution in [3.63, 3.8) is 0 Å². The fourth-order valence-electron chi connectivity index (χ4n) is 2.19. The van der Waals surface area contributed by atoms with Crippen LogP contribution in [-0.4, -0.2) is 42.3 Å². The summed E-state index contributed by atoms with van der Waals surface area (Å²) in [6, 6.07) is 1.91. The Hall–Kier alpha value is -0.910. The van der Waals surface area contributed by atoms with Crippen LogP contribution in [0.15, 0.2) is 11.4 Å². The Morgan fingerprint density at radius 1 is 1.59 bits per heavy atom. The number of carboxylic acid groups (broad SMARTS) is 1. The van der Waals surface area contributed by atoms with E-state index >= 15 is 0 Å². The van der Waals surface area contributed by atoms with E-state index in [9.17, 15) is 4.79 Å². The first-order chi connectivity index (χ1) is 8.20. The van der Waals surface area contributed by atoms with Gasteiger partial charge in [-0.25, -0.2) is 4.79 Å². The minimum absolute atomic E-state index is 0.368. The summed E-state index contributed by atoms with van der Waals surface area (Å²) in [5.74, 6) is -0.818. The molecule has 2 heterocycles. The van der Waals surface area contributed by atoms with Crippen LogP contribution in [0.4, 0.5) is 0 Å². The Balaban J connectivity index is 1.93. The number of likely N-dealkylation sites (tertiary alicyclic amines) is 1. The third-order valence-electron chi connectivity index (χ3n) is 3.20. The molecule has 1 aliphatic rings. The van der Waals surface area contributed by atoms with Gasteiger partial charge in [0.25, 0.3) is 0 Å². The van der Waals surface area contributed by atoms with Gasteiger partial charge in [-0.1, -0.05) is 0 Å². The maximum atomic E-state index is 11.0. The number of carboxylic acids is 1. The molecule has 4 nitrogen and oxygen atoms in total. The molecule has 0 amide bonds. The van der Waals surface area contributed by atoms with Crippen molar-refractivity contribution in [2.45, 2.75) is 25.5 Å². The number of thiophene rings is 1. The van der Waals surface area contributed by atoms with Crippen LogP contribution in [0.25, 0.3) is 0 Å². The Labute approximate surface area is 105 Å². The summed E-state index contributed by atoms with van der Waals surface area (Å²) in [4.78, 5) is 13.8. The van der Waals surface area contributed by atoms with Crippen molar-refractivity contribution < 1.29 is 14.6 Å². The lowest BCUT2D eigenvalue weighted by Gasteiger charge is -2.31. The van der Waals surface area contributed by atoms with E-state index in [-0.39, 0.29) is 0 Å². The van der Waals surface area contributed by atoms with Crippen LogP contribution < -0.4 is 0 Å². The standard InChI is InChI=1S/C12H17NO3S/c1-16-10-2-5-13(6-3-10)8-9-4-7-17-11(9)12(14)15/h4,7,10H,2-3,5-6,8H2,1H3,(H,14,15). The maximum absolute atomic E-state index is 11.0. The SMILES string of the molecule is COC1CCN(Cc2ccsc2C(=O)O)CC1. The number of rotatable bonds is 4. The molecule has 1 aromatic rings. The first-order valence-corrected chi connectivity index (χ1v) is 6.63. The quantitative estimate of drug-likeness (QED) is 0.894. The van der Waals surface area contributed by atoms with Crippen molar-refractivity contribution in [2.75, 3.05) is 20.2 Å². The molecule has 1 aromatic heterocycles. The smallest absolute Gasteiger partial charge is 0.346 e. The molecule has 0 bridgehead atoms. The second-order valence-electron chi connectivity index (χ2n) is 4.29. The fraction of sp³-hybridized carbons (Fsp3) is 0.583. The van der Waals surface area contributed by atoms with Gasteiger partial charge in [0.05, 0.1) is 6.10 Å². The number of aromatic carboxylic acids is 1. The molecule has 1 fully saturated rings. The van der Waals surface area contributed by atoms with Gasteiger partial charge in [0.15, 0.2) is 0 Å². The van der Waals surface area contributed by atoms with Crippen LogP contribution >= 0.6 is 11.3 Å². The zero-order chi connectivity index (χ0) is 12.3. The van der Waals surface area contributed by atoms with Crippen LogP contribution in [0.1, 0.15) is 28.1 Å². The van der Waals surface area contributed by atoms with Crippen LogP contribution in [0, 0.1) is 0 Å². The van der Waals surface area contributed by atoms with Crippen molar-refractivity contribution in [1.82, 2.24) is 4.90 Å². The van der Waals surface area contributed by atoms with E-state index in [4.69, 9.17) is 9.84 Å². The molecule has 0 atom stereocenters. The molecule has 2 rings (SSSR count). The lowest BCUT2D eigenvalue weighted by atomic mass is 10.1. The zero-order valence-corrected chi connectivity index (χ0v) is 10.7. The van der Waals surface area contributed by atoms with E-state index in [2.05, 4.69) is 4.90 Å². The molecular formula is C12H17NO3S. The third kappa shape index (κ3) is 3.06. The van der Waals surface area contributed by atoms with Gasteiger partial charge in [-0.05, 0) is 29.9 Å². The van der Waals surface area contributed by atoms with Gasteiger partial charge in [0, 0.05) is 26.7 Å². The molecule has 0 spiro atoms. The van der Waals surface area contributed by atoms with Crippen LogP contribution in [0.2, 0.25) is 0 Å². The van der Waals surface area contributed by atoms with Crippen LogP contribution in [-0.2, 0) is 11.3 Å². The summed E-state index contributed by atoms with van der Waals surface area (Å²) in [5.41, 5.74) is 0.929. The van der Waals surface area contributed by atoms with Crippen LogP contribution in [0.3, 0.4) is 0 Å². The zero-order valence-electron chi connectivity index (χ0n) is 9.89. The highest BCUT2D eigenvalue weighted by molar-refractivity contribution is 7.12. The number of ether oxygens (including phenoxy) is 1. The molecule has 1 aliphatic heterocycles. The summed E-state index contributed by atoms with van der Waals surface area (Å²) >= 11 is 1.30. The average molecular weight is 255 g/mol. The molecule has 5 heteroatoms. The summed E-state index contributed by atoms with van der Waals surface area (Å²) in [6.07, 6.45) is 2.43. The summed E-state index contributed by atoms with van der Waals surface area (Å²) in [6.45, 7) is 2.70. The fourth-order valence-corrected chi connectivity index (χ4v) is 2.95. The Bertz CT molecular complexity index is 383. The second-order valence-corrected chi connectivity index (χ2v) is 5.21. The molecule has 1 N–H and O–H groups in total. The van der Waals surface area contributed by atoms with E-state index < -0.39 is 5.97 Å². The van der Waals surface area contributed by atoms with Gasteiger partial charge < -0.3 is 9.84 Å². The van der Waals surface area contributed by atoms with E-state index in [1.807, 2.05) is 11.4 Å². The van der Waals surface area contributed by atoms with Gasteiger partial charge in [-0.15, -0.1) is 11.3 Å². The first-order valence-electron chi connectivity index (χ1n) is 5.75. The molecule has 1 saturated heterocycles. The number of carbonyl (C=O) groups is 1. The van der Waals surface area contributed by atoms with Crippen LogP contribution in [0.5, 0.6) is 0 Å². The highest BCUT2D eigenvalue weighted by atomic mass is 32.1. The van der Waals surface area contributed by atoms with Gasteiger partial charge in [0.1, 0.15) is 4.88 Å². The molecule has 0 aliphatic carbocycles. The summed E-state index contributed by atoms with van der Waals surface area (Å²) < 4.78 is 5.32. The predicted octanol–water partition coefficient (Wildman–Crippen LogP) is 2.06. The third-order valence-corrected chi connectivity index (χ3v) is 4.15. The maximum Gasteiger partial charge on any atom is 0.346 e. The molecule has 17 heavy (non-hydrogen) atoms. The molecular weight excluding hydrogens is 238 g/mol. The monoisotopic (exact) mass is 255 g/mol. The van der Waals surface area contributed by atoms with Gasteiger partial charge in [-0.3, -0.25) is 4.90 Å². The van der Waals surface area contributed by atoms with Crippen molar-refractivity contribution in [3.8, 4) is 0 Å². The van der Waals surface area contributed by atoms with E-state index in [0.717, 1.165) is 38.0 Å². The Morgan fingerprint density at radius 2 is 2.29 bits per heavy atom. The van der Waals surface area contributed by atoms with Gasteiger partial charge >= 0.3 is 5.97 Å². The Kier molecular flexibility index (Phi) is 4.15. The van der Waals surface area contributed by atoms with E-state index in [1.165, 1.54) is 11.3 Å². The average Bonchev–Trinajstić information content (AvgIpc) is 2.78. The number of methoxy groups -OCH3 is 1. The molecule has 94 valence electrons. The number of hydrogen-bond acceptors (Lipinski definition) is 4. The number of piperidine rings is 1. The first kappa shape index (κ1) is 12.5. The van der Waals surface area contributed by atoms with Gasteiger partial charge in [-0.2, -0.15) is 0 Å². The normalized spacial score (nSPS) is 18.4. The second kappa shape index (κ2) is 5.62. The molecule has 0 radical (unpaired) electrons. The highest BCUT2D eigenvalue weighted by Gasteiger charge is 2.20. The van der Waals surface area contributed by atoms with Crippen molar-refractivity contribution >= 4 is 17.3 Å². The van der Waals surface area contributed by atoms with Gasteiger partial charge in [0.2, 0.25) is 0 Å². The van der Waals surface area contributed by atoms with E-state index in [0.29, 0.717) is 11.0 Å².